The van der Waals surface area contributed by atoms with Crippen LogP contribution in [0.15, 0.2) is 30.3 Å². The SMILES string of the molecule is CC(C)(C)OC(=O)N[C@@H](Cc1ccccc1)C(=O)N1CCC(O)C1. The molecule has 6 heteroatoms. The molecule has 1 aliphatic rings. The first-order valence-electron chi connectivity index (χ1n) is 8.25. The molecule has 1 aromatic carbocycles. The topological polar surface area (TPSA) is 78.9 Å². The number of likely N-dealkylation sites (tertiary alicyclic amines) is 1. The lowest BCUT2D eigenvalue weighted by molar-refractivity contribution is -0.132. The van der Waals surface area contributed by atoms with E-state index in [4.69, 9.17) is 4.74 Å². The largest absolute Gasteiger partial charge is 0.444 e. The average Bonchev–Trinajstić information content (AvgIpc) is 2.91. The predicted octanol–water partition coefficient (Wildman–Crippen LogP) is 1.72. The van der Waals surface area contributed by atoms with Gasteiger partial charge in [-0.2, -0.15) is 0 Å². The molecule has 1 aromatic rings. The van der Waals surface area contributed by atoms with Gasteiger partial charge in [0.25, 0.3) is 0 Å². The van der Waals surface area contributed by atoms with Gasteiger partial charge in [0.1, 0.15) is 11.6 Å². The number of nitrogens with zero attached hydrogens (tertiary/aromatic N) is 1. The third kappa shape index (κ3) is 5.53. The quantitative estimate of drug-likeness (QED) is 0.879. The molecule has 0 bridgehead atoms. The van der Waals surface area contributed by atoms with Gasteiger partial charge in [-0.15, -0.1) is 0 Å². The van der Waals surface area contributed by atoms with Crippen molar-refractivity contribution in [1.29, 1.82) is 0 Å². The molecule has 1 unspecified atom stereocenters. The lowest BCUT2D eigenvalue weighted by Gasteiger charge is -2.26. The molecule has 1 aliphatic heterocycles. The van der Waals surface area contributed by atoms with Crippen molar-refractivity contribution in [3.63, 3.8) is 0 Å². The Hall–Kier alpha value is -2.08. The molecule has 1 heterocycles. The van der Waals surface area contributed by atoms with Gasteiger partial charge in [0.05, 0.1) is 6.10 Å². The second-order valence-electron chi connectivity index (χ2n) is 7.12. The highest BCUT2D eigenvalue weighted by atomic mass is 16.6. The number of nitrogens with one attached hydrogen (secondary N) is 1. The highest BCUT2D eigenvalue weighted by Crippen LogP contribution is 2.14. The van der Waals surface area contributed by atoms with Crippen LogP contribution in [0.1, 0.15) is 32.8 Å². The van der Waals surface area contributed by atoms with E-state index in [-0.39, 0.29) is 5.91 Å². The van der Waals surface area contributed by atoms with Crippen LogP contribution in [-0.4, -0.2) is 52.8 Å². The van der Waals surface area contributed by atoms with Crippen molar-refractivity contribution in [2.75, 3.05) is 13.1 Å². The molecule has 2 rings (SSSR count). The number of hydrogen-bond donors (Lipinski definition) is 2. The van der Waals surface area contributed by atoms with Crippen LogP contribution < -0.4 is 5.32 Å². The van der Waals surface area contributed by atoms with Gasteiger partial charge in [0.2, 0.25) is 5.91 Å². The minimum atomic E-state index is -0.715. The molecule has 24 heavy (non-hydrogen) atoms. The van der Waals surface area contributed by atoms with Crippen LogP contribution in [-0.2, 0) is 16.0 Å². The first-order chi connectivity index (χ1) is 11.2. The summed E-state index contributed by atoms with van der Waals surface area (Å²) in [5, 5.41) is 12.3. The molecule has 1 saturated heterocycles. The number of amides is 2. The van der Waals surface area contributed by atoms with Crippen molar-refractivity contribution in [3.05, 3.63) is 35.9 Å². The summed E-state index contributed by atoms with van der Waals surface area (Å²) in [6.07, 6.45) is -0.161. The van der Waals surface area contributed by atoms with Crippen LogP contribution in [0.4, 0.5) is 4.79 Å². The Morgan fingerprint density at radius 2 is 2.00 bits per heavy atom. The monoisotopic (exact) mass is 334 g/mol. The molecule has 2 N–H and O–H groups in total. The summed E-state index contributed by atoms with van der Waals surface area (Å²) in [7, 11) is 0. The zero-order chi connectivity index (χ0) is 17.7. The van der Waals surface area contributed by atoms with Crippen molar-refractivity contribution in [2.45, 2.75) is 51.4 Å². The summed E-state index contributed by atoms with van der Waals surface area (Å²) in [5.41, 5.74) is 0.320. The summed E-state index contributed by atoms with van der Waals surface area (Å²) in [6.45, 7) is 6.13. The van der Waals surface area contributed by atoms with Gasteiger partial charge < -0.3 is 20.1 Å². The highest BCUT2D eigenvalue weighted by Gasteiger charge is 2.32. The highest BCUT2D eigenvalue weighted by molar-refractivity contribution is 5.86. The van der Waals surface area contributed by atoms with Crippen LogP contribution in [0, 0.1) is 0 Å². The minimum Gasteiger partial charge on any atom is -0.444 e. The van der Waals surface area contributed by atoms with E-state index in [2.05, 4.69) is 5.32 Å². The molecule has 0 saturated carbocycles. The maximum absolute atomic E-state index is 12.7. The maximum atomic E-state index is 12.7. The Labute approximate surface area is 142 Å². The van der Waals surface area contributed by atoms with Crippen LogP contribution >= 0.6 is 0 Å². The summed E-state index contributed by atoms with van der Waals surface area (Å²) >= 11 is 0. The van der Waals surface area contributed by atoms with E-state index in [0.29, 0.717) is 25.9 Å². The van der Waals surface area contributed by atoms with Crippen LogP contribution in [0.5, 0.6) is 0 Å². The van der Waals surface area contributed by atoms with Gasteiger partial charge in [-0.3, -0.25) is 4.79 Å². The number of β-amino-alcohol motifs (C(OH)–C–C–N with tert-alkyl or cyclic N) is 1. The molecular formula is C18H26N2O4. The summed E-state index contributed by atoms with van der Waals surface area (Å²) in [6, 6.07) is 8.80. The molecule has 0 aromatic heterocycles. The van der Waals surface area contributed by atoms with Gasteiger partial charge in [0.15, 0.2) is 0 Å². The number of carbonyl (C=O) groups is 2. The molecule has 0 radical (unpaired) electrons. The minimum absolute atomic E-state index is 0.193. The maximum Gasteiger partial charge on any atom is 0.408 e. The molecule has 1 fully saturated rings. The zero-order valence-electron chi connectivity index (χ0n) is 14.5. The molecule has 2 amide bonds. The lowest BCUT2D eigenvalue weighted by Crippen LogP contribution is -2.50. The lowest BCUT2D eigenvalue weighted by atomic mass is 10.0. The Morgan fingerprint density at radius 3 is 2.54 bits per heavy atom. The third-order valence-electron chi connectivity index (χ3n) is 3.75. The third-order valence-corrected chi connectivity index (χ3v) is 3.75. The molecule has 0 spiro atoms. The number of aliphatic hydroxyl groups is 1. The Bertz CT molecular complexity index is 568. The first kappa shape index (κ1) is 18.3. The number of hydrogen-bond acceptors (Lipinski definition) is 4. The van der Waals surface area contributed by atoms with Crippen molar-refractivity contribution in [3.8, 4) is 0 Å². The summed E-state index contributed by atoms with van der Waals surface area (Å²) in [5.74, 6) is -0.193. The van der Waals surface area contributed by atoms with Gasteiger partial charge in [0, 0.05) is 19.5 Å². The number of aliphatic hydroxyl groups excluding tert-OH is 1. The Balaban J connectivity index is 2.08. The van der Waals surface area contributed by atoms with Crippen molar-refractivity contribution in [2.24, 2.45) is 0 Å². The van der Waals surface area contributed by atoms with Crippen LogP contribution in [0.3, 0.4) is 0 Å². The fraction of sp³-hybridized carbons (Fsp3) is 0.556. The molecule has 0 aliphatic carbocycles. The van der Waals surface area contributed by atoms with E-state index in [9.17, 15) is 14.7 Å². The van der Waals surface area contributed by atoms with E-state index >= 15 is 0 Å². The zero-order valence-corrected chi connectivity index (χ0v) is 14.5. The van der Waals surface area contributed by atoms with Crippen molar-refractivity contribution in [1.82, 2.24) is 10.2 Å². The van der Waals surface area contributed by atoms with Crippen LogP contribution in [0.25, 0.3) is 0 Å². The number of ether oxygens (including phenoxy) is 1. The molecular weight excluding hydrogens is 308 g/mol. The number of carbonyl (C=O) groups excluding carboxylic acids is 2. The fourth-order valence-electron chi connectivity index (χ4n) is 2.66. The van der Waals surface area contributed by atoms with Gasteiger partial charge in [-0.25, -0.2) is 4.79 Å². The summed E-state index contributed by atoms with van der Waals surface area (Å²) < 4.78 is 5.27. The van der Waals surface area contributed by atoms with E-state index < -0.39 is 23.8 Å². The smallest absolute Gasteiger partial charge is 0.408 e. The average molecular weight is 334 g/mol. The summed E-state index contributed by atoms with van der Waals surface area (Å²) in [4.78, 5) is 26.4. The molecule has 6 nitrogen and oxygen atoms in total. The number of benzene rings is 1. The Morgan fingerprint density at radius 1 is 1.33 bits per heavy atom. The normalized spacial score (nSPS) is 19.0. The van der Waals surface area contributed by atoms with Crippen LogP contribution in [0.2, 0.25) is 0 Å². The van der Waals surface area contributed by atoms with Gasteiger partial charge >= 0.3 is 6.09 Å². The van der Waals surface area contributed by atoms with Crippen molar-refractivity contribution < 1.29 is 19.4 Å². The second-order valence-corrected chi connectivity index (χ2v) is 7.12. The van der Waals surface area contributed by atoms with Crippen molar-refractivity contribution >= 4 is 12.0 Å². The van der Waals surface area contributed by atoms with E-state index in [1.54, 1.807) is 25.7 Å². The predicted molar refractivity (Wildman–Crippen MR) is 90.5 cm³/mol. The van der Waals surface area contributed by atoms with Gasteiger partial charge in [-0.05, 0) is 32.8 Å². The van der Waals surface area contributed by atoms with Gasteiger partial charge in [-0.1, -0.05) is 30.3 Å². The first-order valence-corrected chi connectivity index (χ1v) is 8.25. The second kappa shape index (κ2) is 7.66. The van der Waals surface area contributed by atoms with E-state index in [1.807, 2.05) is 30.3 Å². The molecule has 2 atom stereocenters. The van der Waals surface area contributed by atoms with E-state index in [1.165, 1.54) is 0 Å². The molecule has 132 valence electrons. The Kier molecular flexibility index (Phi) is 5.83. The number of alkyl carbamates (subject to hydrolysis) is 1. The standard InChI is InChI=1S/C18H26N2O4/c1-18(2,3)24-17(23)19-15(11-13-7-5-4-6-8-13)16(22)20-10-9-14(21)12-20/h4-8,14-15,21H,9-12H2,1-3H3,(H,19,23)/t14?,15-/m0/s1. The fourth-order valence-corrected chi connectivity index (χ4v) is 2.66. The number of rotatable bonds is 4. The van der Waals surface area contributed by atoms with E-state index in [0.717, 1.165) is 5.56 Å².